The van der Waals surface area contributed by atoms with Crippen LogP contribution in [-0.4, -0.2) is 41.5 Å². The Morgan fingerprint density at radius 3 is 2.62 bits per heavy atom. The standard InChI is InChI=1S/C38H29FN8O3.C2H6/c39-30-20-33(50-22-23-6-2-1-3-7-23)25(21-48)19-29(30)38(49)44-31-12-9-24-18-26(10-11-27(24)31)47-36(28-8-4-15-41-35(28)40)43-32-13-14-34(45-37(32)47)46-17-5-16-42-46;1-2/h1-8,10-11,13-21,31H,9,12,22H2,(H2,40,41)(H,44,49);1-2H3. The fraction of sp³-hybridized carbons (Fsp3) is 0.150. The van der Waals surface area contributed by atoms with E-state index in [4.69, 9.17) is 20.4 Å². The zero-order valence-corrected chi connectivity index (χ0v) is 28.5. The van der Waals surface area contributed by atoms with E-state index in [0.29, 0.717) is 53.3 Å². The summed E-state index contributed by atoms with van der Waals surface area (Å²) in [6.45, 7) is 4.15. The Morgan fingerprint density at radius 2 is 1.85 bits per heavy atom. The van der Waals surface area contributed by atoms with Crippen molar-refractivity contribution >= 4 is 29.2 Å². The van der Waals surface area contributed by atoms with Crippen LogP contribution in [0.4, 0.5) is 10.2 Å². The maximum Gasteiger partial charge on any atom is 0.254 e. The van der Waals surface area contributed by atoms with Gasteiger partial charge in [0.15, 0.2) is 23.6 Å². The number of nitrogens with two attached hydrogens (primary N) is 1. The molecule has 0 radical (unpaired) electrons. The lowest BCUT2D eigenvalue weighted by Gasteiger charge is -2.17. The lowest BCUT2D eigenvalue weighted by Crippen LogP contribution is -2.28. The number of nitrogens with one attached hydrogen (secondary N) is 1. The molecule has 1 aliphatic rings. The Balaban J connectivity index is 0.00000207. The largest absolute Gasteiger partial charge is 0.488 e. The maximum absolute atomic E-state index is 15.3. The van der Waals surface area contributed by atoms with Crippen molar-refractivity contribution in [3.05, 3.63) is 143 Å². The Bertz CT molecular complexity index is 2390. The van der Waals surface area contributed by atoms with Crippen LogP contribution in [0, 0.1) is 5.82 Å². The van der Waals surface area contributed by atoms with Gasteiger partial charge >= 0.3 is 0 Å². The number of aryl methyl sites for hydroxylation is 1. The number of fused-ring (bicyclic) bond motifs is 2. The third-order valence-corrected chi connectivity index (χ3v) is 8.78. The predicted octanol–water partition coefficient (Wildman–Crippen LogP) is 7.22. The number of anilines is 1. The predicted molar refractivity (Wildman–Crippen MR) is 196 cm³/mol. The number of nitrogens with zero attached hydrogens (tertiary/aromatic N) is 6. The fourth-order valence-corrected chi connectivity index (χ4v) is 6.34. The highest BCUT2D eigenvalue weighted by Gasteiger charge is 2.28. The van der Waals surface area contributed by atoms with E-state index < -0.39 is 11.7 Å². The molecule has 260 valence electrons. The van der Waals surface area contributed by atoms with Crippen molar-refractivity contribution in [2.75, 3.05) is 5.73 Å². The molecular formula is C40H35FN8O3. The van der Waals surface area contributed by atoms with Crippen LogP contribution in [0.2, 0.25) is 0 Å². The monoisotopic (exact) mass is 694 g/mol. The number of hydrogen-bond acceptors (Lipinski definition) is 8. The molecule has 0 saturated carbocycles. The van der Waals surface area contributed by atoms with E-state index in [-0.39, 0.29) is 29.5 Å². The van der Waals surface area contributed by atoms with E-state index in [9.17, 15) is 9.59 Å². The molecule has 1 atom stereocenters. The number of pyridine rings is 2. The smallest absolute Gasteiger partial charge is 0.254 e. The molecule has 1 amide bonds. The number of aldehydes is 1. The molecule has 4 aromatic heterocycles. The number of imidazole rings is 1. The number of halogens is 1. The molecule has 0 saturated heterocycles. The Hall–Kier alpha value is -6.69. The molecule has 0 spiro atoms. The van der Waals surface area contributed by atoms with Crippen molar-refractivity contribution in [1.82, 2.24) is 34.6 Å². The minimum absolute atomic E-state index is 0.0716. The van der Waals surface area contributed by atoms with Gasteiger partial charge < -0.3 is 15.8 Å². The van der Waals surface area contributed by atoms with Crippen LogP contribution >= 0.6 is 0 Å². The van der Waals surface area contributed by atoms with Gasteiger partial charge in [0.05, 0.1) is 22.7 Å². The van der Waals surface area contributed by atoms with Crippen LogP contribution in [0.3, 0.4) is 0 Å². The van der Waals surface area contributed by atoms with Crippen molar-refractivity contribution in [2.45, 2.75) is 39.3 Å². The molecule has 3 N–H and O–H groups in total. The molecule has 11 nitrogen and oxygen atoms in total. The summed E-state index contributed by atoms with van der Waals surface area (Å²) < 4.78 is 24.6. The zero-order valence-electron chi connectivity index (χ0n) is 28.5. The summed E-state index contributed by atoms with van der Waals surface area (Å²) in [6, 6.07) is 26.5. The molecule has 4 heterocycles. The van der Waals surface area contributed by atoms with Crippen molar-refractivity contribution in [3.63, 3.8) is 0 Å². The number of benzene rings is 3. The van der Waals surface area contributed by atoms with Crippen LogP contribution in [0.15, 0.2) is 110 Å². The minimum Gasteiger partial charge on any atom is -0.488 e. The maximum atomic E-state index is 15.3. The molecule has 0 fully saturated rings. The molecule has 8 rings (SSSR count). The number of hydrogen-bond donors (Lipinski definition) is 2. The van der Waals surface area contributed by atoms with Crippen LogP contribution in [0.5, 0.6) is 5.75 Å². The normalized spacial score (nSPS) is 13.2. The van der Waals surface area contributed by atoms with E-state index in [1.807, 2.05) is 97.4 Å². The third kappa shape index (κ3) is 6.49. The first-order chi connectivity index (χ1) is 25.5. The zero-order chi connectivity index (χ0) is 36.2. The average molecular weight is 695 g/mol. The molecule has 52 heavy (non-hydrogen) atoms. The summed E-state index contributed by atoms with van der Waals surface area (Å²) in [5, 5.41) is 7.30. The molecule has 12 heteroatoms. The highest BCUT2D eigenvalue weighted by Crippen LogP contribution is 2.36. The lowest BCUT2D eigenvalue weighted by molar-refractivity contribution is 0.0932. The van der Waals surface area contributed by atoms with Crippen molar-refractivity contribution in [3.8, 4) is 28.6 Å². The Kier molecular flexibility index (Phi) is 9.52. The number of ether oxygens (including phenoxy) is 1. The molecule has 7 aromatic rings. The van der Waals surface area contributed by atoms with Crippen LogP contribution in [0.25, 0.3) is 34.1 Å². The van der Waals surface area contributed by atoms with Gasteiger partial charge in [-0.1, -0.05) is 50.2 Å². The van der Waals surface area contributed by atoms with Gasteiger partial charge in [-0.2, -0.15) is 5.10 Å². The number of carbonyl (C=O) groups is 2. The number of amides is 1. The van der Waals surface area contributed by atoms with Crippen LogP contribution in [-0.2, 0) is 13.0 Å². The van der Waals surface area contributed by atoms with Gasteiger partial charge in [0.25, 0.3) is 5.91 Å². The van der Waals surface area contributed by atoms with Crippen LogP contribution in [0.1, 0.15) is 63.7 Å². The first-order valence-corrected chi connectivity index (χ1v) is 17.0. The van der Waals surface area contributed by atoms with Gasteiger partial charge in [0, 0.05) is 30.3 Å². The Morgan fingerprint density at radius 1 is 1.00 bits per heavy atom. The van der Waals surface area contributed by atoms with Gasteiger partial charge in [0.2, 0.25) is 0 Å². The quantitative estimate of drug-likeness (QED) is 0.151. The number of nitrogen functional groups attached to an aromatic ring is 1. The average Bonchev–Trinajstić information content (AvgIpc) is 3.94. The summed E-state index contributed by atoms with van der Waals surface area (Å²) >= 11 is 0. The van der Waals surface area contributed by atoms with E-state index in [0.717, 1.165) is 28.4 Å². The second-order valence-corrected chi connectivity index (χ2v) is 11.9. The number of rotatable bonds is 9. The molecule has 0 bridgehead atoms. The first kappa shape index (κ1) is 33.8. The summed E-state index contributed by atoms with van der Waals surface area (Å²) in [5.41, 5.74) is 11.7. The summed E-state index contributed by atoms with van der Waals surface area (Å²) in [6.07, 6.45) is 6.98. The second kappa shape index (κ2) is 14.7. The van der Waals surface area contributed by atoms with E-state index in [1.54, 1.807) is 23.1 Å². The summed E-state index contributed by atoms with van der Waals surface area (Å²) in [4.78, 5) is 39.4. The van der Waals surface area contributed by atoms with Crippen molar-refractivity contribution in [1.29, 1.82) is 0 Å². The summed E-state index contributed by atoms with van der Waals surface area (Å²) in [7, 11) is 0. The van der Waals surface area contributed by atoms with Crippen LogP contribution < -0.4 is 15.8 Å². The van der Waals surface area contributed by atoms with Gasteiger partial charge in [-0.25, -0.2) is 24.0 Å². The lowest BCUT2D eigenvalue weighted by atomic mass is 10.1. The highest BCUT2D eigenvalue weighted by atomic mass is 19.1. The van der Waals surface area contributed by atoms with Crippen molar-refractivity contribution in [2.24, 2.45) is 0 Å². The first-order valence-electron chi connectivity index (χ1n) is 17.0. The van der Waals surface area contributed by atoms with E-state index in [2.05, 4.69) is 15.4 Å². The summed E-state index contributed by atoms with van der Waals surface area (Å²) in [5.74, 6) is 0.215. The van der Waals surface area contributed by atoms with E-state index >= 15 is 4.39 Å². The highest BCUT2D eigenvalue weighted by molar-refractivity contribution is 5.97. The topological polar surface area (TPSA) is 143 Å². The van der Waals surface area contributed by atoms with Gasteiger partial charge in [-0.3, -0.25) is 14.2 Å². The third-order valence-electron chi connectivity index (χ3n) is 8.78. The fourth-order valence-electron chi connectivity index (χ4n) is 6.34. The van der Waals surface area contributed by atoms with Gasteiger partial charge in [-0.05, 0) is 78.1 Å². The molecule has 1 aliphatic carbocycles. The van der Waals surface area contributed by atoms with Crippen molar-refractivity contribution < 1.29 is 18.7 Å². The molecule has 1 unspecified atom stereocenters. The van der Waals surface area contributed by atoms with Gasteiger partial charge in [0.1, 0.15) is 29.5 Å². The molecule has 0 aliphatic heterocycles. The SMILES string of the molecule is CC.Nc1ncccc1-c1nc2ccc(-n3cccn3)nc2n1-c1ccc2c(c1)CCC2NC(=O)c1cc(C=O)c(OCc2ccccc2)cc1F. The van der Waals surface area contributed by atoms with E-state index in [1.165, 1.54) is 6.07 Å². The number of carbonyl (C=O) groups excluding carboxylic acids is 2. The Labute approximate surface area is 298 Å². The molecular weight excluding hydrogens is 659 g/mol. The second-order valence-electron chi connectivity index (χ2n) is 11.9. The molecule has 3 aromatic carbocycles. The number of aromatic nitrogens is 6. The minimum atomic E-state index is -0.777. The van der Waals surface area contributed by atoms with Gasteiger partial charge in [-0.15, -0.1) is 0 Å².